The molecular formula is C64H67BN2O. The van der Waals surface area contributed by atoms with E-state index >= 15 is 0 Å². The van der Waals surface area contributed by atoms with Gasteiger partial charge in [0.2, 0.25) is 0 Å². The number of fused-ring (bicyclic) bond motifs is 7. The minimum absolute atomic E-state index is 0.0180. The van der Waals surface area contributed by atoms with E-state index in [-0.39, 0.29) is 33.8 Å². The van der Waals surface area contributed by atoms with Gasteiger partial charge in [-0.15, -0.1) is 0 Å². The Morgan fingerprint density at radius 1 is 0.515 bits per heavy atom. The van der Waals surface area contributed by atoms with Gasteiger partial charge in [-0.25, -0.2) is 0 Å². The first-order chi connectivity index (χ1) is 32.1. The molecule has 0 atom stereocenters. The maximum Gasteiger partial charge on any atom is 0.297 e. The van der Waals surface area contributed by atoms with Crippen molar-refractivity contribution in [2.75, 3.05) is 9.80 Å². The van der Waals surface area contributed by atoms with Crippen LogP contribution in [0.25, 0.3) is 22.1 Å². The molecule has 0 bridgehead atoms. The Balaban J connectivity index is 1.27. The summed E-state index contributed by atoms with van der Waals surface area (Å²) >= 11 is 0. The Kier molecular flexibility index (Phi) is 9.84. The molecule has 68 heavy (non-hydrogen) atoms. The summed E-state index contributed by atoms with van der Waals surface area (Å²) in [5, 5.41) is 1.13. The number of nitrogens with zero attached hydrogens (tertiary/aromatic N) is 2. The summed E-state index contributed by atoms with van der Waals surface area (Å²) in [7, 11) is 0. The van der Waals surface area contributed by atoms with Gasteiger partial charge in [-0.05, 0) is 151 Å². The van der Waals surface area contributed by atoms with Gasteiger partial charge in [-0.2, -0.15) is 0 Å². The van der Waals surface area contributed by atoms with E-state index in [1.807, 2.05) is 0 Å². The molecule has 4 heteroatoms. The van der Waals surface area contributed by atoms with Gasteiger partial charge in [0.25, 0.3) is 6.71 Å². The average Bonchev–Trinajstić information content (AvgIpc) is 3.68. The Morgan fingerprint density at radius 3 is 1.72 bits per heavy atom. The second kappa shape index (κ2) is 15.1. The van der Waals surface area contributed by atoms with E-state index in [0.29, 0.717) is 0 Å². The highest BCUT2D eigenvalue weighted by Crippen LogP contribution is 2.53. The van der Waals surface area contributed by atoms with Crippen molar-refractivity contribution in [1.82, 2.24) is 0 Å². The van der Waals surface area contributed by atoms with E-state index in [9.17, 15) is 0 Å². The molecule has 2 aliphatic heterocycles. The van der Waals surface area contributed by atoms with Gasteiger partial charge in [0.15, 0.2) is 0 Å². The van der Waals surface area contributed by atoms with Crippen LogP contribution in [0, 0.1) is 6.92 Å². The molecule has 0 amide bonds. The zero-order valence-electron chi connectivity index (χ0n) is 42.7. The molecule has 0 N–H and O–H groups in total. The predicted octanol–water partition coefficient (Wildman–Crippen LogP) is 15.8. The number of rotatable bonds is 5. The lowest BCUT2D eigenvalue weighted by Gasteiger charge is -2.46. The lowest BCUT2D eigenvalue weighted by atomic mass is 9.35. The van der Waals surface area contributed by atoms with Crippen molar-refractivity contribution in [3.8, 4) is 11.1 Å². The molecule has 0 radical (unpaired) electrons. The third-order valence-corrected chi connectivity index (χ3v) is 16.2. The fraction of sp³-hybridized carbons (Fsp3) is 0.312. The van der Waals surface area contributed by atoms with Gasteiger partial charge in [0.1, 0.15) is 5.58 Å². The van der Waals surface area contributed by atoms with Crippen molar-refractivity contribution < 1.29 is 4.42 Å². The fourth-order valence-electron chi connectivity index (χ4n) is 11.8. The van der Waals surface area contributed by atoms with Crippen LogP contribution in [0.5, 0.6) is 0 Å². The molecule has 3 nitrogen and oxygen atoms in total. The maximum atomic E-state index is 7.55. The Hall–Kier alpha value is -6.26. The van der Waals surface area contributed by atoms with Crippen LogP contribution in [0.1, 0.15) is 135 Å². The first kappa shape index (κ1) is 44.3. The molecule has 11 rings (SSSR count). The summed E-state index contributed by atoms with van der Waals surface area (Å²) < 4.78 is 7.55. The van der Waals surface area contributed by atoms with Crippen LogP contribution in [-0.4, -0.2) is 6.71 Å². The van der Waals surface area contributed by atoms with E-state index in [1.165, 1.54) is 83.7 Å². The summed E-state index contributed by atoms with van der Waals surface area (Å²) in [5.41, 5.74) is 23.1. The normalized spacial score (nSPS) is 16.0. The van der Waals surface area contributed by atoms with Crippen LogP contribution in [-0.2, 0) is 27.1 Å². The summed E-state index contributed by atoms with van der Waals surface area (Å²) in [5.74, 6) is 0. The summed E-state index contributed by atoms with van der Waals surface area (Å²) in [6, 6.07) is 55.6. The highest BCUT2D eigenvalue weighted by Gasteiger charge is 2.49. The number of anilines is 6. The SMILES string of the molecule is Cc1cc2c3c(c1)N(c1ccc(C(C)(C)C)cc1-c1ccccc1)c1c(oc4ccc(C(C)(C)c5ccccc5)cc14)B3c1cc3c(cc1N2c1ccc(C(C)(C)C)cc1)C(C)(C)CCC3(C)C. The third-order valence-electron chi connectivity index (χ3n) is 16.2. The van der Waals surface area contributed by atoms with Crippen LogP contribution >= 0.6 is 0 Å². The first-order valence-corrected chi connectivity index (χ1v) is 25.0. The number of aryl methyl sites for hydroxylation is 1. The Morgan fingerprint density at radius 2 is 1.09 bits per heavy atom. The number of benzene rings is 7. The summed E-state index contributed by atoms with van der Waals surface area (Å²) in [6.07, 6.45) is 2.30. The molecule has 1 aromatic heterocycles. The smallest absolute Gasteiger partial charge is 0.297 e. The van der Waals surface area contributed by atoms with Gasteiger partial charge in [0.05, 0.1) is 17.0 Å². The van der Waals surface area contributed by atoms with Crippen LogP contribution < -0.4 is 26.4 Å². The fourth-order valence-corrected chi connectivity index (χ4v) is 11.8. The number of hydrogen-bond acceptors (Lipinski definition) is 3. The van der Waals surface area contributed by atoms with E-state index in [4.69, 9.17) is 4.42 Å². The largest absolute Gasteiger partial charge is 0.468 e. The molecule has 342 valence electrons. The molecule has 0 saturated carbocycles. The molecule has 1 aliphatic carbocycles. The second-order valence-corrected chi connectivity index (χ2v) is 24.2. The molecule has 0 spiro atoms. The van der Waals surface area contributed by atoms with E-state index in [0.717, 1.165) is 40.8 Å². The quantitative estimate of drug-likeness (QED) is 0.161. The van der Waals surface area contributed by atoms with Crippen LogP contribution in [0.4, 0.5) is 34.1 Å². The van der Waals surface area contributed by atoms with Crippen molar-refractivity contribution in [2.45, 2.75) is 130 Å². The predicted molar refractivity (Wildman–Crippen MR) is 292 cm³/mol. The van der Waals surface area contributed by atoms with Crippen LogP contribution in [0.2, 0.25) is 0 Å². The van der Waals surface area contributed by atoms with Crippen molar-refractivity contribution >= 4 is 68.4 Å². The van der Waals surface area contributed by atoms with Gasteiger partial charge in [0, 0.05) is 39.1 Å². The monoisotopic (exact) mass is 891 g/mol. The van der Waals surface area contributed by atoms with E-state index in [1.54, 1.807) is 0 Å². The van der Waals surface area contributed by atoms with Gasteiger partial charge in [-0.1, -0.05) is 174 Å². The molecule has 3 heterocycles. The molecule has 0 saturated heterocycles. The van der Waals surface area contributed by atoms with E-state index in [2.05, 4.69) is 245 Å². The zero-order valence-corrected chi connectivity index (χ0v) is 42.7. The third kappa shape index (κ3) is 6.91. The number of furan rings is 1. The zero-order chi connectivity index (χ0) is 47.9. The van der Waals surface area contributed by atoms with Crippen molar-refractivity contribution in [1.29, 1.82) is 0 Å². The lowest BCUT2D eigenvalue weighted by molar-refractivity contribution is 0.332. The van der Waals surface area contributed by atoms with Gasteiger partial charge < -0.3 is 14.2 Å². The highest BCUT2D eigenvalue weighted by molar-refractivity contribution is 7.00. The molecular weight excluding hydrogens is 824 g/mol. The molecule has 3 aliphatic rings. The van der Waals surface area contributed by atoms with Crippen LogP contribution in [0.3, 0.4) is 0 Å². The standard InChI is InChI=1S/C64H67BN2O/c1-40-34-54-57-55(35-40)67(52-30-26-44(61(5,6)7)36-47(52)41-20-16-14-17-21-41)58-48-37-45(64(12,13)43-22-18-15-19-23-43)27-31-56(48)68-59(58)65(57)51-38-49-50(63(10,11)33-32-62(49,8)9)39-53(51)66(54)46-28-24-42(25-29-46)60(2,3)4/h14-31,34-39H,32-33H2,1-13H3. The maximum absolute atomic E-state index is 7.55. The van der Waals surface area contributed by atoms with Crippen molar-refractivity contribution in [2.24, 2.45) is 0 Å². The lowest BCUT2D eigenvalue weighted by Crippen LogP contribution is -2.61. The van der Waals surface area contributed by atoms with Crippen molar-refractivity contribution in [3.05, 3.63) is 185 Å². The van der Waals surface area contributed by atoms with Gasteiger partial charge >= 0.3 is 0 Å². The van der Waals surface area contributed by atoms with Crippen molar-refractivity contribution in [3.63, 3.8) is 0 Å². The first-order valence-electron chi connectivity index (χ1n) is 25.0. The molecule has 0 unspecified atom stereocenters. The minimum Gasteiger partial charge on any atom is -0.468 e. The topological polar surface area (TPSA) is 19.6 Å². The minimum atomic E-state index is -0.248. The Bertz CT molecular complexity index is 3280. The highest BCUT2D eigenvalue weighted by atomic mass is 16.3. The van der Waals surface area contributed by atoms with Gasteiger partial charge in [-0.3, -0.25) is 0 Å². The summed E-state index contributed by atoms with van der Waals surface area (Å²) in [4.78, 5) is 5.18. The molecule has 7 aromatic carbocycles. The second-order valence-electron chi connectivity index (χ2n) is 24.2. The average molecular weight is 891 g/mol. The van der Waals surface area contributed by atoms with E-state index < -0.39 is 0 Å². The van der Waals surface area contributed by atoms with Crippen LogP contribution in [0.15, 0.2) is 150 Å². The summed E-state index contributed by atoms with van der Waals surface area (Å²) in [6.45, 7) is 30.5. The molecule has 8 aromatic rings. The molecule has 0 fully saturated rings. The number of hydrogen-bond donors (Lipinski definition) is 0. The Labute approximate surface area is 406 Å².